The molecule has 0 spiro atoms. The van der Waals surface area contributed by atoms with Gasteiger partial charge in [0.15, 0.2) is 0 Å². The van der Waals surface area contributed by atoms with Crippen molar-refractivity contribution in [1.29, 1.82) is 0 Å². The third-order valence-corrected chi connectivity index (χ3v) is 2.73. The summed E-state index contributed by atoms with van der Waals surface area (Å²) < 4.78 is 0.994. The summed E-state index contributed by atoms with van der Waals surface area (Å²) in [5.41, 5.74) is 0. The second-order valence-electron chi connectivity index (χ2n) is 1.92. The van der Waals surface area contributed by atoms with Gasteiger partial charge in [0.05, 0.1) is 0 Å². The molecule has 0 bridgehead atoms. The van der Waals surface area contributed by atoms with E-state index in [9.17, 15) is 0 Å². The zero-order valence-electron chi connectivity index (χ0n) is 5.12. The minimum atomic E-state index is -1.23. The smallest absolute Gasteiger partial charge is 0.427 e. The summed E-state index contributed by atoms with van der Waals surface area (Å²) in [7, 11) is -1.23. The first-order valence-corrected chi connectivity index (χ1v) is 4.45. The third kappa shape index (κ3) is 2.42. The number of hydrogen-bond acceptors (Lipinski definition) is 3. The van der Waals surface area contributed by atoms with Crippen LogP contribution < -0.4 is 0 Å². The van der Waals surface area contributed by atoms with Crippen molar-refractivity contribution in [3.8, 4) is 0 Å². The molecule has 0 aliphatic rings. The summed E-state index contributed by atoms with van der Waals surface area (Å²) in [5, 5.41) is 19.0. The van der Waals surface area contributed by atoms with Gasteiger partial charge in [0.2, 0.25) is 0 Å². The van der Waals surface area contributed by atoms with E-state index in [4.69, 9.17) is 10.0 Å². The maximum absolute atomic E-state index is 8.56. The number of rotatable bonds is 2. The zero-order valence-corrected chi connectivity index (χ0v) is 7.52. The summed E-state index contributed by atoms with van der Waals surface area (Å²) in [6, 6.07) is 1.88. The van der Waals surface area contributed by atoms with Crippen molar-refractivity contribution >= 4 is 34.4 Å². The van der Waals surface area contributed by atoms with Crippen LogP contribution in [0.15, 0.2) is 15.9 Å². The van der Waals surface area contributed by atoms with Crippen LogP contribution in [-0.4, -0.2) is 17.2 Å². The Labute approximate surface area is 71.8 Å². The van der Waals surface area contributed by atoms with Crippen LogP contribution in [0.1, 0.15) is 4.88 Å². The first kappa shape index (κ1) is 8.26. The zero-order chi connectivity index (χ0) is 7.56. The van der Waals surface area contributed by atoms with E-state index in [0.717, 1.165) is 9.35 Å². The van der Waals surface area contributed by atoms with E-state index in [1.807, 2.05) is 11.4 Å². The van der Waals surface area contributed by atoms with Crippen LogP contribution in [0, 0.1) is 0 Å². The first-order chi connectivity index (χ1) is 4.68. The highest BCUT2D eigenvalue weighted by Crippen LogP contribution is 2.19. The quantitative estimate of drug-likeness (QED) is 0.733. The molecule has 1 rings (SSSR count). The summed E-state index contributed by atoms with van der Waals surface area (Å²) in [4.78, 5) is 0.974. The van der Waals surface area contributed by atoms with Gasteiger partial charge in [0, 0.05) is 21.1 Å². The van der Waals surface area contributed by atoms with Gasteiger partial charge in [0.25, 0.3) is 0 Å². The Morgan fingerprint density at radius 3 is 2.70 bits per heavy atom. The van der Waals surface area contributed by atoms with Crippen LogP contribution in [-0.2, 0) is 6.32 Å². The Morgan fingerprint density at radius 2 is 2.30 bits per heavy atom. The molecule has 10 heavy (non-hydrogen) atoms. The maximum Gasteiger partial charge on any atom is 0.456 e. The maximum atomic E-state index is 8.56. The van der Waals surface area contributed by atoms with Crippen molar-refractivity contribution in [3.05, 3.63) is 20.8 Å². The lowest BCUT2D eigenvalue weighted by Gasteiger charge is -1.91. The Bertz CT molecular complexity index is 213. The summed E-state index contributed by atoms with van der Waals surface area (Å²) in [6.45, 7) is 0. The fourth-order valence-electron chi connectivity index (χ4n) is 0.641. The second-order valence-corrected chi connectivity index (χ2v) is 3.83. The van der Waals surface area contributed by atoms with Crippen LogP contribution in [0.25, 0.3) is 0 Å². The fraction of sp³-hybridized carbons (Fsp3) is 0.200. The number of hydrogen-bond donors (Lipinski definition) is 2. The van der Waals surface area contributed by atoms with Crippen molar-refractivity contribution in [3.63, 3.8) is 0 Å². The highest BCUT2D eigenvalue weighted by Gasteiger charge is 2.08. The van der Waals surface area contributed by atoms with Gasteiger partial charge < -0.3 is 10.0 Å². The van der Waals surface area contributed by atoms with Gasteiger partial charge >= 0.3 is 7.12 Å². The molecule has 0 radical (unpaired) electrons. The van der Waals surface area contributed by atoms with Crippen molar-refractivity contribution in [2.75, 3.05) is 0 Å². The lowest BCUT2D eigenvalue weighted by atomic mass is 9.86. The van der Waals surface area contributed by atoms with E-state index in [1.54, 1.807) is 0 Å². The van der Waals surface area contributed by atoms with E-state index in [2.05, 4.69) is 15.9 Å². The monoisotopic (exact) mass is 220 g/mol. The average Bonchev–Trinajstić information content (AvgIpc) is 2.13. The molecule has 0 saturated carbocycles. The summed E-state index contributed by atoms with van der Waals surface area (Å²) in [6.07, 6.45) is 0.316. The molecular weight excluding hydrogens is 215 g/mol. The molecule has 0 fully saturated rings. The van der Waals surface area contributed by atoms with E-state index >= 15 is 0 Å². The van der Waals surface area contributed by atoms with Gasteiger partial charge in [0.1, 0.15) is 0 Å². The average molecular weight is 221 g/mol. The summed E-state index contributed by atoms with van der Waals surface area (Å²) >= 11 is 4.78. The van der Waals surface area contributed by atoms with Crippen LogP contribution in [0.4, 0.5) is 0 Å². The van der Waals surface area contributed by atoms with Gasteiger partial charge in [-0.3, -0.25) is 0 Å². The van der Waals surface area contributed by atoms with E-state index in [0.29, 0.717) is 6.32 Å². The first-order valence-electron chi connectivity index (χ1n) is 2.77. The van der Waals surface area contributed by atoms with Crippen molar-refractivity contribution < 1.29 is 10.0 Å². The lowest BCUT2D eigenvalue weighted by molar-refractivity contribution is 0.406. The molecule has 0 atom stereocenters. The Hall–Kier alpha value is 0.165. The van der Waals surface area contributed by atoms with Crippen LogP contribution in [0.3, 0.4) is 0 Å². The molecule has 1 aromatic rings. The minimum Gasteiger partial charge on any atom is -0.427 e. The predicted octanol–water partition coefficient (Wildman–Crippen LogP) is 1.07. The lowest BCUT2D eigenvalue weighted by Crippen LogP contribution is -2.13. The SMILES string of the molecule is OB(O)Cc1cc(Br)cs1. The predicted molar refractivity (Wildman–Crippen MR) is 45.9 cm³/mol. The highest BCUT2D eigenvalue weighted by atomic mass is 79.9. The second kappa shape index (κ2) is 3.53. The number of halogens is 1. The molecule has 0 aliphatic heterocycles. The molecule has 0 aliphatic carbocycles. The molecule has 0 saturated heterocycles. The molecule has 0 aromatic carbocycles. The van der Waals surface area contributed by atoms with Crippen LogP contribution >= 0.6 is 27.3 Å². The largest absolute Gasteiger partial charge is 0.456 e. The van der Waals surface area contributed by atoms with Gasteiger partial charge in [-0.1, -0.05) is 0 Å². The molecule has 2 nitrogen and oxygen atoms in total. The van der Waals surface area contributed by atoms with Crippen LogP contribution in [0.2, 0.25) is 0 Å². The van der Waals surface area contributed by atoms with E-state index < -0.39 is 7.12 Å². The fourth-order valence-corrected chi connectivity index (χ4v) is 2.12. The van der Waals surface area contributed by atoms with E-state index in [-0.39, 0.29) is 0 Å². The van der Waals surface area contributed by atoms with Crippen molar-refractivity contribution in [2.24, 2.45) is 0 Å². The molecule has 5 heteroatoms. The van der Waals surface area contributed by atoms with Crippen molar-refractivity contribution in [1.82, 2.24) is 0 Å². The molecule has 1 aromatic heterocycles. The Morgan fingerprint density at radius 1 is 1.60 bits per heavy atom. The molecule has 1 heterocycles. The van der Waals surface area contributed by atoms with Crippen LogP contribution in [0.5, 0.6) is 0 Å². The summed E-state index contributed by atoms with van der Waals surface area (Å²) in [5.74, 6) is 0. The van der Waals surface area contributed by atoms with Gasteiger partial charge in [-0.25, -0.2) is 0 Å². The van der Waals surface area contributed by atoms with Crippen molar-refractivity contribution in [2.45, 2.75) is 6.32 Å². The minimum absolute atomic E-state index is 0.316. The van der Waals surface area contributed by atoms with Gasteiger partial charge in [-0.15, -0.1) is 11.3 Å². The van der Waals surface area contributed by atoms with E-state index in [1.165, 1.54) is 11.3 Å². The molecule has 2 N–H and O–H groups in total. The molecule has 54 valence electrons. The molecule has 0 unspecified atom stereocenters. The standard InChI is InChI=1S/C5H6BBrO2S/c7-4-1-5(10-3-4)2-6(8)9/h1,3,8-9H,2H2. The topological polar surface area (TPSA) is 40.5 Å². The Balaban J connectivity index is 2.58. The Kier molecular flexibility index (Phi) is 2.91. The third-order valence-electron chi connectivity index (χ3n) is 1.01. The molecular formula is C5H6BBrO2S. The normalized spacial score (nSPS) is 9.90. The highest BCUT2D eigenvalue weighted by molar-refractivity contribution is 9.10. The van der Waals surface area contributed by atoms with Gasteiger partial charge in [-0.2, -0.15) is 0 Å². The van der Waals surface area contributed by atoms with Gasteiger partial charge in [-0.05, 0) is 22.0 Å². The molecule has 0 amide bonds. The number of thiophene rings is 1.